The van der Waals surface area contributed by atoms with Gasteiger partial charge in [-0.2, -0.15) is 0 Å². The molecule has 0 aromatic rings. The van der Waals surface area contributed by atoms with Gasteiger partial charge in [0, 0.05) is 13.2 Å². The van der Waals surface area contributed by atoms with E-state index in [1.165, 1.54) is 0 Å². The van der Waals surface area contributed by atoms with Crippen LogP contribution in [-0.4, -0.2) is 32.1 Å². The molecule has 1 aliphatic rings. The number of likely N-dealkylation sites (N-methyl/N-ethyl adjacent to an activating group) is 1. The number of hydrogen-bond donors (Lipinski definition) is 0. The summed E-state index contributed by atoms with van der Waals surface area (Å²) in [6, 6.07) is 0. The molecule has 1 aliphatic heterocycles. The van der Waals surface area contributed by atoms with E-state index < -0.39 is 0 Å². The Hall–Kier alpha value is -0.0151. The molecule has 40 valence electrons. The first-order valence-electron chi connectivity index (χ1n) is 2.62. The second-order valence-corrected chi connectivity index (χ2v) is 1.95. The Labute approximate surface area is 44.6 Å². The molecule has 0 N–H and O–H groups in total. The lowest BCUT2D eigenvalue weighted by Gasteiger charge is -2.05. The summed E-state index contributed by atoms with van der Waals surface area (Å²) in [5, 5.41) is 0. The molecule has 7 heavy (non-hydrogen) atoms. The summed E-state index contributed by atoms with van der Waals surface area (Å²) >= 11 is 0. The largest absolute Gasteiger partial charge is 0.420 e. The van der Waals surface area contributed by atoms with Crippen LogP contribution in [0.4, 0.5) is 0 Å². The van der Waals surface area contributed by atoms with Gasteiger partial charge < -0.3 is 9.47 Å². The summed E-state index contributed by atoms with van der Waals surface area (Å²) in [5.74, 6) is 0. The van der Waals surface area contributed by atoms with E-state index in [0.717, 1.165) is 13.2 Å². The normalized spacial score (nSPS) is 24.0. The van der Waals surface area contributed by atoms with E-state index in [2.05, 4.69) is 18.7 Å². The van der Waals surface area contributed by atoms with Gasteiger partial charge in [0.15, 0.2) is 0 Å². The van der Waals surface area contributed by atoms with E-state index in [-0.39, 0.29) is 0 Å². The zero-order chi connectivity index (χ0) is 5.28. The van der Waals surface area contributed by atoms with Crippen LogP contribution in [0.25, 0.3) is 0 Å². The van der Waals surface area contributed by atoms with Gasteiger partial charge in [0.05, 0.1) is 0 Å². The van der Waals surface area contributed by atoms with Gasteiger partial charge in [-0.05, 0) is 13.9 Å². The Kier molecular flexibility index (Phi) is 1.35. The highest BCUT2D eigenvalue weighted by Crippen LogP contribution is 1.99. The minimum Gasteiger partial charge on any atom is -0.420 e. The van der Waals surface area contributed by atoms with Gasteiger partial charge >= 0.3 is 7.05 Å². The quantitative estimate of drug-likeness (QED) is 0.398. The van der Waals surface area contributed by atoms with E-state index >= 15 is 0 Å². The Bertz CT molecular complexity index is 60.7. The summed E-state index contributed by atoms with van der Waals surface area (Å²) in [7, 11) is 2.41. The average Bonchev–Trinajstić information content (AvgIpc) is 1.91. The Morgan fingerprint density at radius 2 is 2.43 bits per heavy atom. The van der Waals surface area contributed by atoms with Gasteiger partial charge in [-0.1, -0.05) is 0 Å². The second kappa shape index (κ2) is 1.84. The van der Waals surface area contributed by atoms with E-state index in [1.807, 2.05) is 0 Å². The monoisotopic (exact) mass is 99.1 g/mol. The van der Waals surface area contributed by atoms with Gasteiger partial charge in [0.25, 0.3) is 0 Å². The molecule has 1 saturated heterocycles. The van der Waals surface area contributed by atoms with E-state index in [9.17, 15) is 0 Å². The second-order valence-electron chi connectivity index (χ2n) is 1.95. The van der Waals surface area contributed by atoms with Gasteiger partial charge in [0.1, 0.15) is 0 Å². The molecule has 1 heterocycles. The molecule has 1 fully saturated rings. The van der Waals surface area contributed by atoms with Gasteiger partial charge in [0.2, 0.25) is 0 Å². The van der Waals surface area contributed by atoms with Crippen molar-refractivity contribution in [3.8, 4) is 0 Å². The molecule has 0 aliphatic carbocycles. The molecule has 0 atom stereocenters. The molecule has 0 unspecified atom stereocenters. The SMILES string of the molecule is CB1OCCN1C. The van der Waals surface area contributed by atoms with Gasteiger partial charge in [-0.3, -0.25) is 0 Å². The highest BCUT2D eigenvalue weighted by atomic mass is 16.5. The maximum Gasteiger partial charge on any atom is 0.379 e. The lowest BCUT2D eigenvalue weighted by molar-refractivity contribution is 0.373. The minimum atomic E-state index is 0.347. The van der Waals surface area contributed by atoms with E-state index in [0.29, 0.717) is 7.05 Å². The zero-order valence-corrected chi connectivity index (χ0v) is 4.85. The van der Waals surface area contributed by atoms with Crippen LogP contribution in [0, 0.1) is 0 Å². The summed E-state index contributed by atoms with van der Waals surface area (Å²) in [4.78, 5) is 2.18. The standard InChI is InChI=1S/C4H10BNO/c1-5-6(2)3-4-7-5/h3-4H2,1-2H3. The highest BCUT2D eigenvalue weighted by Gasteiger charge is 2.20. The topological polar surface area (TPSA) is 12.5 Å². The first kappa shape index (κ1) is 5.13. The fraction of sp³-hybridized carbons (Fsp3) is 1.00. The lowest BCUT2D eigenvalue weighted by Crippen LogP contribution is -2.26. The van der Waals surface area contributed by atoms with Crippen molar-refractivity contribution < 1.29 is 4.65 Å². The zero-order valence-electron chi connectivity index (χ0n) is 4.85. The third-order valence-electron chi connectivity index (χ3n) is 1.42. The molecule has 0 aromatic heterocycles. The molecular weight excluding hydrogens is 88.9 g/mol. The third kappa shape index (κ3) is 0.953. The first-order valence-corrected chi connectivity index (χ1v) is 2.62. The molecule has 3 heteroatoms. The van der Waals surface area contributed by atoms with Crippen molar-refractivity contribution in [2.24, 2.45) is 0 Å². The summed E-state index contributed by atoms with van der Waals surface area (Å²) < 4.78 is 5.19. The van der Waals surface area contributed by atoms with Crippen molar-refractivity contribution in [1.82, 2.24) is 4.81 Å². The molecule has 0 aromatic carbocycles. The molecule has 0 amide bonds. The molecule has 0 saturated carbocycles. The van der Waals surface area contributed by atoms with Crippen molar-refractivity contribution in [1.29, 1.82) is 0 Å². The summed E-state index contributed by atoms with van der Waals surface area (Å²) in [6.45, 7) is 4.05. The van der Waals surface area contributed by atoms with Crippen LogP contribution in [0.1, 0.15) is 0 Å². The lowest BCUT2D eigenvalue weighted by atomic mass is 9.87. The predicted octanol–water partition coefficient (Wildman–Crippen LogP) is 0.0664. The highest BCUT2D eigenvalue weighted by molar-refractivity contribution is 6.47. The van der Waals surface area contributed by atoms with Gasteiger partial charge in [-0.15, -0.1) is 0 Å². The van der Waals surface area contributed by atoms with Crippen molar-refractivity contribution in [3.05, 3.63) is 0 Å². The Balaban J connectivity index is 2.33. The molecule has 0 spiro atoms. The van der Waals surface area contributed by atoms with Crippen LogP contribution in [-0.2, 0) is 4.65 Å². The van der Waals surface area contributed by atoms with E-state index in [1.54, 1.807) is 0 Å². The van der Waals surface area contributed by atoms with Crippen LogP contribution in [0.2, 0.25) is 6.82 Å². The summed E-state index contributed by atoms with van der Waals surface area (Å²) in [5.41, 5.74) is 0. The maximum absolute atomic E-state index is 5.19. The van der Waals surface area contributed by atoms with Crippen LogP contribution in [0.5, 0.6) is 0 Å². The molecule has 0 bridgehead atoms. The third-order valence-corrected chi connectivity index (χ3v) is 1.42. The Morgan fingerprint density at radius 1 is 1.71 bits per heavy atom. The number of hydrogen-bond acceptors (Lipinski definition) is 2. The molecule has 1 rings (SSSR count). The maximum atomic E-state index is 5.19. The van der Waals surface area contributed by atoms with Crippen LogP contribution < -0.4 is 0 Å². The fourth-order valence-electron chi connectivity index (χ4n) is 0.676. The molecule has 2 nitrogen and oxygen atoms in total. The van der Waals surface area contributed by atoms with Crippen LogP contribution in [0.15, 0.2) is 0 Å². The Morgan fingerprint density at radius 3 is 2.57 bits per heavy atom. The molecule has 0 radical (unpaired) electrons. The fourth-order valence-corrected chi connectivity index (χ4v) is 0.676. The van der Waals surface area contributed by atoms with Crippen LogP contribution in [0.3, 0.4) is 0 Å². The predicted molar refractivity (Wildman–Crippen MR) is 30.2 cm³/mol. The van der Waals surface area contributed by atoms with Crippen LogP contribution >= 0.6 is 0 Å². The van der Waals surface area contributed by atoms with Crippen molar-refractivity contribution in [2.45, 2.75) is 6.82 Å². The van der Waals surface area contributed by atoms with Crippen molar-refractivity contribution in [2.75, 3.05) is 20.2 Å². The van der Waals surface area contributed by atoms with E-state index in [4.69, 9.17) is 4.65 Å². The number of rotatable bonds is 0. The summed E-state index contributed by atoms with van der Waals surface area (Å²) in [6.07, 6.45) is 0. The van der Waals surface area contributed by atoms with Gasteiger partial charge in [-0.25, -0.2) is 0 Å². The average molecular weight is 98.9 g/mol. The number of nitrogens with zero attached hydrogens (tertiary/aromatic N) is 1. The first-order chi connectivity index (χ1) is 3.30. The molecular formula is C4H10BNO. The van der Waals surface area contributed by atoms with Crippen molar-refractivity contribution >= 4 is 7.05 Å². The van der Waals surface area contributed by atoms with Crippen molar-refractivity contribution in [3.63, 3.8) is 0 Å². The minimum absolute atomic E-state index is 0.347. The smallest absolute Gasteiger partial charge is 0.379 e.